The van der Waals surface area contributed by atoms with Crippen LogP contribution in [-0.4, -0.2) is 18.5 Å². The Bertz CT molecular complexity index is 684. The van der Waals surface area contributed by atoms with Gasteiger partial charge in [-0.15, -0.1) is 0 Å². The fourth-order valence-electron chi connectivity index (χ4n) is 3.01. The van der Waals surface area contributed by atoms with E-state index in [4.69, 9.17) is 14.9 Å². The SMILES string of the molecule is NCC1CCCC1NC(=O)c1ccc(COc2ccc(F)cc2)o1. The Kier molecular flexibility index (Phi) is 5.15. The third-order valence-electron chi connectivity index (χ3n) is 4.36. The van der Waals surface area contributed by atoms with E-state index in [1.165, 1.54) is 12.1 Å². The van der Waals surface area contributed by atoms with E-state index in [0.29, 0.717) is 24.0 Å². The molecule has 0 spiro atoms. The minimum absolute atomic E-state index is 0.117. The molecule has 1 aliphatic carbocycles. The van der Waals surface area contributed by atoms with Crippen molar-refractivity contribution in [3.05, 3.63) is 53.7 Å². The molecule has 3 N–H and O–H groups in total. The molecule has 2 atom stereocenters. The first-order chi connectivity index (χ1) is 11.7. The van der Waals surface area contributed by atoms with Crippen LogP contribution in [0.3, 0.4) is 0 Å². The normalized spacial score (nSPS) is 20.1. The molecule has 2 unspecified atom stereocenters. The van der Waals surface area contributed by atoms with E-state index in [1.807, 2.05) is 0 Å². The lowest BCUT2D eigenvalue weighted by atomic mass is 10.0. The molecule has 1 saturated carbocycles. The van der Waals surface area contributed by atoms with E-state index in [0.717, 1.165) is 19.3 Å². The molecule has 24 heavy (non-hydrogen) atoms. The number of hydrogen-bond donors (Lipinski definition) is 2. The number of nitrogens with two attached hydrogens (primary N) is 1. The van der Waals surface area contributed by atoms with Crippen LogP contribution < -0.4 is 15.8 Å². The monoisotopic (exact) mass is 332 g/mol. The Morgan fingerprint density at radius 3 is 2.79 bits per heavy atom. The second-order valence-corrected chi connectivity index (χ2v) is 6.02. The number of rotatable bonds is 6. The van der Waals surface area contributed by atoms with Crippen molar-refractivity contribution in [2.75, 3.05) is 6.54 Å². The number of furan rings is 1. The van der Waals surface area contributed by atoms with Gasteiger partial charge in [-0.05, 0) is 61.7 Å². The molecule has 1 fully saturated rings. The number of hydrogen-bond acceptors (Lipinski definition) is 4. The Labute approximate surface area is 140 Å². The lowest BCUT2D eigenvalue weighted by Gasteiger charge is -2.18. The van der Waals surface area contributed by atoms with E-state index in [-0.39, 0.29) is 30.1 Å². The van der Waals surface area contributed by atoms with Crippen molar-refractivity contribution >= 4 is 5.91 Å². The number of carbonyl (C=O) groups is 1. The second kappa shape index (κ2) is 7.49. The van der Waals surface area contributed by atoms with Crippen LogP contribution in [-0.2, 0) is 6.61 Å². The topological polar surface area (TPSA) is 77.5 Å². The maximum absolute atomic E-state index is 12.8. The zero-order valence-corrected chi connectivity index (χ0v) is 13.3. The van der Waals surface area contributed by atoms with Crippen molar-refractivity contribution in [3.63, 3.8) is 0 Å². The molecule has 1 aliphatic rings. The molecule has 0 saturated heterocycles. The highest BCUT2D eigenvalue weighted by Crippen LogP contribution is 2.25. The number of benzene rings is 1. The van der Waals surface area contributed by atoms with Gasteiger partial charge >= 0.3 is 0 Å². The standard InChI is InChI=1S/C18H21FN2O3/c19-13-4-6-14(7-5-13)23-11-15-8-9-17(24-15)18(22)21-16-3-1-2-12(16)10-20/h4-9,12,16H,1-3,10-11,20H2,(H,21,22). The first-order valence-electron chi connectivity index (χ1n) is 8.13. The summed E-state index contributed by atoms with van der Waals surface area (Å²) in [6.07, 6.45) is 3.09. The van der Waals surface area contributed by atoms with Crippen molar-refractivity contribution in [2.45, 2.75) is 31.9 Å². The smallest absolute Gasteiger partial charge is 0.287 e. The molecule has 1 aromatic heterocycles. The van der Waals surface area contributed by atoms with Crippen LogP contribution in [0.4, 0.5) is 4.39 Å². The van der Waals surface area contributed by atoms with Gasteiger partial charge in [-0.2, -0.15) is 0 Å². The van der Waals surface area contributed by atoms with Crippen molar-refractivity contribution in [1.82, 2.24) is 5.32 Å². The van der Waals surface area contributed by atoms with E-state index >= 15 is 0 Å². The van der Waals surface area contributed by atoms with E-state index in [1.54, 1.807) is 24.3 Å². The van der Waals surface area contributed by atoms with Gasteiger partial charge in [0.1, 0.15) is 23.9 Å². The van der Waals surface area contributed by atoms with Gasteiger partial charge in [-0.25, -0.2) is 4.39 Å². The zero-order valence-electron chi connectivity index (χ0n) is 13.3. The summed E-state index contributed by atoms with van der Waals surface area (Å²) in [7, 11) is 0. The van der Waals surface area contributed by atoms with Crippen LogP contribution in [0, 0.1) is 11.7 Å². The van der Waals surface area contributed by atoms with Crippen molar-refractivity contribution in [3.8, 4) is 5.75 Å². The highest BCUT2D eigenvalue weighted by Gasteiger charge is 2.28. The summed E-state index contributed by atoms with van der Waals surface area (Å²) in [4.78, 5) is 12.3. The van der Waals surface area contributed by atoms with E-state index < -0.39 is 0 Å². The Balaban J connectivity index is 1.54. The third kappa shape index (κ3) is 3.94. The molecular formula is C18H21FN2O3. The van der Waals surface area contributed by atoms with E-state index in [9.17, 15) is 9.18 Å². The predicted molar refractivity (Wildman–Crippen MR) is 87.1 cm³/mol. The summed E-state index contributed by atoms with van der Waals surface area (Å²) in [5, 5.41) is 2.99. The van der Waals surface area contributed by atoms with E-state index in [2.05, 4.69) is 5.32 Å². The van der Waals surface area contributed by atoms with Crippen LogP contribution in [0.1, 0.15) is 35.6 Å². The second-order valence-electron chi connectivity index (χ2n) is 6.02. The molecule has 2 aromatic rings. The van der Waals surface area contributed by atoms with Crippen LogP contribution in [0.5, 0.6) is 5.75 Å². The van der Waals surface area contributed by atoms with Gasteiger partial charge in [0.15, 0.2) is 5.76 Å². The molecule has 1 aromatic carbocycles. The van der Waals surface area contributed by atoms with Crippen LogP contribution in [0.25, 0.3) is 0 Å². The first-order valence-corrected chi connectivity index (χ1v) is 8.13. The largest absolute Gasteiger partial charge is 0.486 e. The lowest BCUT2D eigenvalue weighted by molar-refractivity contribution is 0.0896. The molecule has 6 heteroatoms. The number of carbonyl (C=O) groups excluding carboxylic acids is 1. The fourth-order valence-corrected chi connectivity index (χ4v) is 3.01. The molecule has 0 bridgehead atoms. The zero-order chi connectivity index (χ0) is 16.9. The molecule has 128 valence electrons. The third-order valence-corrected chi connectivity index (χ3v) is 4.36. The highest BCUT2D eigenvalue weighted by atomic mass is 19.1. The summed E-state index contributed by atoms with van der Waals surface area (Å²) >= 11 is 0. The fraction of sp³-hybridized carbons (Fsp3) is 0.389. The maximum atomic E-state index is 12.8. The van der Waals surface area contributed by atoms with Crippen LogP contribution in [0.15, 0.2) is 40.8 Å². The first kappa shape index (κ1) is 16.5. The quantitative estimate of drug-likeness (QED) is 0.853. The summed E-state index contributed by atoms with van der Waals surface area (Å²) in [5.74, 6) is 1.12. The predicted octanol–water partition coefficient (Wildman–Crippen LogP) is 2.85. The average molecular weight is 332 g/mol. The van der Waals surface area contributed by atoms with Gasteiger partial charge in [0.25, 0.3) is 5.91 Å². The van der Waals surface area contributed by atoms with Crippen LogP contribution in [0.2, 0.25) is 0 Å². The molecule has 5 nitrogen and oxygen atoms in total. The summed E-state index contributed by atoms with van der Waals surface area (Å²) in [5.41, 5.74) is 5.73. The van der Waals surface area contributed by atoms with Gasteiger partial charge in [0, 0.05) is 6.04 Å². The molecule has 3 rings (SSSR count). The summed E-state index contributed by atoms with van der Waals surface area (Å²) in [6, 6.07) is 9.18. The molecule has 1 amide bonds. The summed E-state index contributed by atoms with van der Waals surface area (Å²) < 4.78 is 23.9. The molecular weight excluding hydrogens is 311 g/mol. The van der Waals surface area contributed by atoms with Gasteiger partial charge in [0.2, 0.25) is 0 Å². The van der Waals surface area contributed by atoms with Gasteiger partial charge in [0.05, 0.1) is 0 Å². The van der Waals surface area contributed by atoms with Crippen molar-refractivity contribution in [1.29, 1.82) is 0 Å². The van der Waals surface area contributed by atoms with Gasteiger partial charge < -0.3 is 20.2 Å². The number of nitrogens with one attached hydrogen (secondary N) is 1. The number of halogens is 1. The molecule has 1 heterocycles. The average Bonchev–Trinajstić information content (AvgIpc) is 3.23. The number of amides is 1. The Morgan fingerprint density at radius 1 is 1.25 bits per heavy atom. The van der Waals surface area contributed by atoms with Crippen LogP contribution >= 0.6 is 0 Å². The lowest BCUT2D eigenvalue weighted by Crippen LogP contribution is -2.39. The molecule has 0 radical (unpaired) electrons. The number of ether oxygens (including phenoxy) is 1. The Morgan fingerprint density at radius 2 is 2.04 bits per heavy atom. The van der Waals surface area contributed by atoms with Gasteiger partial charge in [-0.1, -0.05) is 6.42 Å². The highest BCUT2D eigenvalue weighted by molar-refractivity contribution is 5.91. The molecule has 0 aliphatic heterocycles. The maximum Gasteiger partial charge on any atom is 0.287 e. The van der Waals surface area contributed by atoms with Gasteiger partial charge in [-0.3, -0.25) is 4.79 Å². The Hall–Kier alpha value is -2.34. The van der Waals surface area contributed by atoms with Crippen molar-refractivity contribution in [2.24, 2.45) is 11.7 Å². The minimum Gasteiger partial charge on any atom is -0.486 e. The minimum atomic E-state index is -0.318. The van der Waals surface area contributed by atoms with Crippen molar-refractivity contribution < 1.29 is 18.3 Å². The summed E-state index contributed by atoms with van der Waals surface area (Å²) in [6.45, 7) is 0.758.